The molecule has 156 valence electrons. The monoisotopic (exact) mass is 415 g/mol. The van der Waals surface area contributed by atoms with Gasteiger partial charge in [-0.3, -0.25) is 0 Å². The van der Waals surface area contributed by atoms with Crippen molar-refractivity contribution in [2.24, 2.45) is 0 Å². The fraction of sp³-hybridized carbons (Fsp3) is 0.364. The predicted octanol–water partition coefficient (Wildman–Crippen LogP) is 5.09. The van der Waals surface area contributed by atoms with E-state index in [2.05, 4.69) is 42.7 Å². The van der Waals surface area contributed by atoms with Crippen LogP contribution in [0.2, 0.25) is 0 Å². The summed E-state index contributed by atoms with van der Waals surface area (Å²) in [6, 6.07) is 8.16. The van der Waals surface area contributed by atoms with Crippen LogP contribution in [-0.2, 0) is 6.54 Å². The highest BCUT2D eigenvalue weighted by molar-refractivity contribution is 5.90. The Kier molecular flexibility index (Phi) is 7.14. The SMILES string of the molecule is CCN(C)C(=O)Nc1cc(NCc2c(C)cccc2C)c2nc(C)c(C)n2c1.Cl. The Morgan fingerprint density at radius 3 is 2.45 bits per heavy atom. The molecular formula is C22H30ClN5O. The summed E-state index contributed by atoms with van der Waals surface area (Å²) >= 11 is 0. The summed E-state index contributed by atoms with van der Waals surface area (Å²) in [5, 5.41) is 6.52. The number of aromatic nitrogens is 2. The number of rotatable bonds is 5. The fourth-order valence-corrected chi connectivity index (χ4v) is 3.24. The van der Waals surface area contributed by atoms with E-state index in [-0.39, 0.29) is 18.4 Å². The summed E-state index contributed by atoms with van der Waals surface area (Å²) in [5.41, 5.74) is 8.33. The highest BCUT2D eigenvalue weighted by atomic mass is 35.5. The molecule has 0 radical (unpaired) electrons. The first-order valence-corrected chi connectivity index (χ1v) is 9.62. The zero-order valence-electron chi connectivity index (χ0n) is 18.0. The number of fused-ring (bicyclic) bond motifs is 1. The molecule has 0 bridgehead atoms. The summed E-state index contributed by atoms with van der Waals surface area (Å²) in [6.45, 7) is 11.6. The zero-order valence-corrected chi connectivity index (χ0v) is 18.8. The molecule has 0 spiro atoms. The number of urea groups is 1. The van der Waals surface area contributed by atoms with Gasteiger partial charge < -0.3 is 19.9 Å². The van der Waals surface area contributed by atoms with E-state index in [9.17, 15) is 4.79 Å². The predicted molar refractivity (Wildman–Crippen MR) is 122 cm³/mol. The second kappa shape index (κ2) is 9.18. The lowest BCUT2D eigenvalue weighted by molar-refractivity contribution is 0.224. The van der Waals surface area contributed by atoms with Gasteiger partial charge in [0.05, 0.1) is 17.1 Å². The van der Waals surface area contributed by atoms with Crippen molar-refractivity contribution in [2.45, 2.75) is 41.2 Å². The van der Waals surface area contributed by atoms with Crippen molar-refractivity contribution < 1.29 is 4.79 Å². The molecule has 0 unspecified atom stereocenters. The molecule has 3 rings (SSSR count). The first-order chi connectivity index (χ1) is 13.3. The van der Waals surface area contributed by atoms with Gasteiger partial charge in [-0.1, -0.05) is 18.2 Å². The average Bonchev–Trinajstić information content (AvgIpc) is 2.95. The molecule has 0 aliphatic rings. The lowest BCUT2D eigenvalue weighted by Crippen LogP contribution is -2.31. The van der Waals surface area contributed by atoms with Gasteiger partial charge in [0.2, 0.25) is 0 Å². The van der Waals surface area contributed by atoms with Crippen molar-refractivity contribution in [1.82, 2.24) is 14.3 Å². The van der Waals surface area contributed by atoms with Crippen molar-refractivity contribution in [1.29, 1.82) is 0 Å². The van der Waals surface area contributed by atoms with E-state index >= 15 is 0 Å². The van der Waals surface area contributed by atoms with Crippen LogP contribution in [0.25, 0.3) is 5.65 Å². The van der Waals surface area contributed by atoms with Gasteiger partial charge in [-0.15, -0.1) is 12.4 Å². The molecule has 2 N–H and O–H groups in total. The van der Waals surface area contributed by atoms with Crippen LogP contribution < -0.4 is 10.6 Å². The van der Waals surface area contributed by atoms with E-state index in [1.807, 2.05) is 37.4 Å². The summed E-state index contributed by atoms with van der Waals surface area (Å²) in [7, 11) is 1.78. The number of carbonyl (C=O) groups excluding carboxylic acids is 1. The third kappa shape index (κ3) is 4.65. The minimum atomic E-state index is -0.128. The quantitative estimate of drug-likeness (QED) is 0.610. The summed E-state index contributed by atoms with van der Waals surface area (Å²) in [4.78, 5) is 18.7. The van der Waals surface area contributed by atoms with Gasteiger partial charge in [0.25, 0.3) is 0 Å². The number of imidazole rings is 1. The Morgan fingerprint density at radius 2 is 1.83 bits per heavy atom. The van der Waals surface area contributed by atoms with Crippen molar-refractivity contribution in [3.63, 3.8) is 0 Å². The Labute approximate surface area is 178 Å². The van der Waals surface area contributed by atoms with Crippen molar-refractivity contribution in [3.8, 4) is 0 Å². The summed E-state index contributed by atoms with van der Waals surface area (Å²) in [6.07, 6.45) is 1.93. The van der Waals surface area contributed by atoms with Gasteiger partial charge in [0.1, 0.15) is 0 Å². The standard InChI is InChI=1S/C22H29N5O.ClH/c1-7-26(6)22(28)25-18-11-20(21-24-16(4)17(5)27(21)13-18)23-12-19-14(2)9-8-10-15(19)3;/h8-11,13,23H,7,12H2,1-6H3,(H,25,28);1H. The lowest BCUT2D eigenvalue weighted by Gasteiger charge is -2.17. The summed E-state index contributed by atoms with van der Waals surface area (Å²) in [5.74, 6) is 0. The van der Waals surface area contributed by atoms with E-state index in [1.54, 1.807) is 11.9 Å². The number of nitrogens with zero attached hydrogens (tertiary/aromatic N) is 3. The normalized spacial score (nSPS) is 10.6. The number of hydrogen-bond acceptors (Lipinski definition) is 3. The number of hydrogen-bond donors (Lipinski definition) is 2. The second-order valence-corrected chi connectivity index (χ2v) is 7.29. The first-order valence-electron chi connectivity index (χ1n) is 9.62. The number of carbonyl (C=O) groups is 1. The molecule has 0 atom stereocenters. The van der Waals surface area contributed by atoms with E-state index in [0.29, 0.717) is 13.1 Å². The van der Waals surface area contributed by atoms with Gasteiger partial charge in [-0.05, 0) is 57.4 Å². The minimum absolute atomic E-state index is 0. The number of anilines is 2. The number of pyridine rings is 1. The molecule has 2 aromatic heterocycles. The molecule has 2 amide bonds. The third-order valence-corrected chi connectivity index (χ3v) is 5.37. The van der Waals surface area contributed by atoms with Crippen LogP contribution >= 0.6 is 12.4 Å². The van der Waals surface area contributed by atoms with Crippen LogP contribution in [0.4, 0.5) is 16.2 Å². The molecule has 3 aromatic rings. The average molecular weight is 416 g/mol. The molecular weight excluding hydrogens is 386 g/mol. The van der Waals surface area contributed by atoms with Crippen LogP contribution in [0.15, 0.2) is 30.5 Å². The third-order valence-electron chi connectivity index (χ3n) is 5.37. The Bertz CT molecular complexity index is 1010. The van der Waals surface area contributed by atoms with E-state index in [4.69, 9.17) is 4.98 Å². The zero-order chi connectivity index (χ0) is 20.4. The number of halogens is 1. The topological polar surface area (TPSA) is 61.7 Å². The maximum atomic E-state index is 12.3. The van der Waals surface area contributed by atoms with Crippen LogP contribution in [0.1, 0.15) is 35.0 Å². The molecule has 0 aliphatic heterocycles. The minimum Gasteiger partial charge on any atom is -0.378 e. The fourth-order valence-electron chi connectivity index (χ4n) is 3.24. The highest BCUT2D eigenvalue weighted by Gasteiger charge is 2.14. The molecule has 0 aliphatic carbocycles. The Morgan fingerprint density at radius 1 is 1.17 bits per heavy atom. The van der Waals surface area contributed by atoms with Crippen LogP contribution in [0.3, 0.4) is 0 Å². The molecule has 0 saturated heterocycles. The van der Waals surface area contributed by atoms with Gasteiger partial charge in [0, 0.05) is 32.0 Å². The second-order valence-electron chi connectivity index (χ2n) is 7.29. The molecule has 29 heavy (non-hydrogen) atoms. The van der Waals surface area contributed by atoms with Crippen molar-refractivity contribution >= 4 is 35.5 Å². The molecule has 0 saturated carbocycles. The maximum Gasteiger partial charge on any atom is 0.321 e. The molecule has 0 fully saturated rings. The molecule has 7 heteroatoms. The first kappa shape index (κ1) is 22.6. The number of benzene rings is 1. The maximum absolute atomic E-state index is 12.3. The van der Waals surface area contributed by atoms with E-state index < -0.39 is 0 Å². The van der Waals surface area contributed by atoms with Crippen LogP contribution in [-0.4, -0.2) is 33.9 Å². The van der Waals surface area contributed by atoms with E-state index in [1.165, 1.54) is 16.7 Å². The van der Waals surface area contributed by atoms with Gasteiger partial charge in [-0.25, -0.2) is 9.78 Å². The van der Waals surface area contributed by atoms with Crippen LogP contribution in [0.5, 0.6) is 0 Å². The van der Waals surface area contributed by atoms with Crippen molar-refractivity contribution in [3.05, 3.63) is 58.5 Å². The van der Waals surface area contributed by atoms with Gasteiger partial charge in [0.15, 0.2) is 5.65 Å². The Balaban J connectivity index is 0.00000300. The lowest BCUT2D eigenvalue weighted by atomic mass is 10.0. The van der Waals surface area contributed by atoms with Crippen LogP contribution in [0, 0.1) is 27.7 Å². The number of amides is 2. The van der Waals surface area contributed by atoms with Gasteiger partial charge in [-0.2, -0.15) is 0 Å². The number of nitrogens with one attached hydrogen (secondary N) is 2. The molecule has 6 nitrogen and oxygen atoms in total. The largest absolute Gasteiger partial charge is 0.378 e. The highest BCUT2D eigenvalue weighted by Crippen LogP contribution is 2.26. The van der Waals surface area contributed by atoms with E-state index in [0.717, 1.165) is 28.4 Å². The van der Waals surface area contributed by atoms with Gasteiger partial charge >= 0.3 is 6.03 Å². The Hall–Kier alpha value is -2.73. The van der Waals surface area contributed by atoms with Crippen molar-refractivity contribution in [2.75, 3.05) is 24.2 Å². The molecule has 1 aromatic carbocycles. The smallest absolute Gasteiger partial charge is 0.321 e. The summed E-state index contributed by atoms with van der Waals surface area (Å²) < 4.78 is 2.03. The molecule has 2 heterocycles. The number of aryl methyl sites for hydroxylation is 4.